The van der Waals surface area contributed by atoms with Crippen molar-refractivity contribution in [3.63, 3.8) is 0 Å². The number of hydrogen-bond donors (Lipinski definition) is 2. The van der Waals surface area contributed by atoms with Crippen LogP contribution in [0.25, 0.3) is 0 Å². The van der Waals surface area contributed by atoms with Gasteiger partial charge in [-0.3, -0.25) is 14.3 Å². The molecule has 1 spiro atoms. The Balaban J connectivity index is 1.43. The van der Waals surface area contributed by atoms with Gasteiger partial charge in [0.05, 0.1) is 17.1 Å². The largest absolute Gasteiger partial charge is 0.369 e. The molecular weight excluding hydrogens is 354 g/mol. The van der Waals surface area contributed by atoms with Crippen LogP contribution < -0.4 is 10.6 Å². The first-order chi connectivity index (χ1) is 13.4. The number of benzene rings is 1. The van der Waals surface area contributed by atoms with Crippen molar-refractivity contribution in [3.8, 4) is 0 Å². The summed E-state index contributed by atoms with van der Waals surface area (Å²) < 4.78 is 1.81. The lowest BCUT2D eigenvalue weighted by Gasteiger charge is -2.44. The molecule has 0 bridgehead atoms. The molecule has 2 amide bonds. The summed E-state index contributed by atoms with van der Waals surface area (Å²) in [6.45, 7) is 7.48. The number of fused-ring (bicyclic) bond motifs is 1. The van der Waals surface area contributed by atoms with Crippen molar-refractivity contribution in [1.29, 1.82) is 0 Å². The van der Waals surface area contributed by atoms with Crippen molar-refractivity contribution in [3.05, 3.63) is 41.2 Å². The highest BCUT2D eigenvalue weighted by Gasteiger charge is 2.45. The summed E-state index contributed by atoms with van der Waals surface area (Å²) in [6, 6.07) is 7.73. The minimum Gasteiger partial charge on any atom is -0.369 e. The second kappa shape index (κ2) is 6.96. The summed E-state index contributed by atoms with van der Waals surface area (Å²) in [6.07, 6.45) is 2.10. The lowest BCUT2D eigenvalue weighted by Crippen LogP contribution is -2.59. The van der Waals surface area contributed by atoms with Crippen LogP contribution in [0.5, 0.6) is 0 Å². The Hall–Kier alpha value is -2.83. The van der Waals surface area contributed by atoms with Crippen LogP contribution in [0.4, 0.5) is 11.4 Å². The number of rotatable bonds is 3. The van der Waals surface area contributed by atoms with Gasteiger partial charge in [-0.1, -0.05) is 19.1 Å². The van der Waals surface area contributed by atoms with Crippen LogP contribution in [0, 0.1) is 13.8 Å². The van der Waals surface area contributed by atoms with Crippen molar-refractivity contribution in [2.24, 2.45) is 0 Å². The number of para-hydroxylation sites is 2. The number of carbonyl (C=O) groups is 2. The predicted molar refractivity (Wildman–Crippen MR) is 108 cm³/mol. The lowest BCUT2D eigenvalue weighted by molar-refractivity contribution is -0.135. The van der Waals surface area contributed by atoms with E-state index in [-0.39, 0.29) is 18.4 Å². The first kappa shape index (κ1) is 18.5. The zero-order chi connectivity index (χ0) is 19.9. The smallest absolute Gasteiger partial charge is 0.250 e. The number of aryl methyl sites for hydroxylation is 1. The monoisotopic (exact) mass is 381 g/mol. The highest BCUT2D eigenvalue weighted by Crippen LogP contribution is 2.36. The van der Waals surface area contributed by atoms with Gasteiger partial charge >= 0.3 is 0 Å². The third kappa shape index (κ3) is 3.04. The average molecular weight is 381 g/mol. The maximum Gasteiger partial charge on any atom is 0.250 e. The number of nitrogens with zero attached hydrogens (tertiary/aromatic N) is 3. The summed E-state index contributed by atoms with van der Waals surface area (Å²) in [5.41, 5.74) is 4.38. The van der Waals surface area contributed by atoms with Crippen LogP contribution in [0.15, 0.2) is 24.3 Å². The standard InChI is InChI=1S/C21H27N5O2/c1-4-16-14(2)24-26(15(16)3)13-19(27)25-11-9-21(10-12-25)20(28)22-17-7-5-6-8-18(17)23-21/h5-8,23H,4,9-13H2,1-3H3,(H,22,28). The van der Waals surface area contributed by atoms with Crippen LogP contribution in [-0.2, 0) is 22.6 Å². The molecule has 3 heterocycles. The lowest BCUT2D eigenvalue weighted by atomic mass is 9.84. The number of amides is 2. The fourth-order valence-electron chi connectivity index (χ4n) is 4.38. The van der Waals surface area contributed by atoms with Gasteiger partial charge in [-0.2, -0.15) is 5.10 Å². The summed E-state index contributed by atoms with van der Waals surface area (Å²) in [5, 5.41) is 11.0. The fraction of sp³-hybridized carbons (Fsp3) is 0.476. The van der Waals surface area contributed by atoms with E-state index in [0.29, 0.717) is 25.9 Å². The Labute approximate surface area is 165 Å². The average Bonchev–Trinajstić information content (AvgIpc) is 2.95. The molecule has 7 heteroatoms. The quantitative estimate of drug-likeness (QED) is 0.856. The summed E-state index contributed by atoms with van der Waals surface area (Å²) in [5.74, 6) is 0.0455. The molecule has 2 aliphatic rings. The Kier molecular flexibility index (Phi) is 4.61. The molecule has 148 valence electrons. The number of nitrogens with one attached hydrogen (secondary N) is 2. The van der Waals surface area contributed by atoms with Crippen LogP contribution in [0.3, 0.4) is 0 Å². The van der Waals surface area contributed by atoms with E-state index in [2.05, 4.69) is 22.7 Å². The van der Waals surface area contributed by atoms with E-state index in [0.717, 1.165) is 29.2 Å². The summed E-state index contributed by atoms with van der Waals surface area (Å²) in [4.78, 5) is 27.4. The zero-order valence-electron chi connectivity index (χ0n) is 16.7. The van der Waals surface area contributed by atoms with Crippen LogP contribution in [0.2, 0.25) is 0 Å². The molecule has 7 nitrogen and oxygen atoms in total. The summed E-state index contributed by atoms with van der Waals surface area (Å²) in [7, 11) is 0. The van der Waals surface area contributed by atoms with Gasteiger partial charge in [0.2, 0.25) is 11.8 Å². The molecule has 0 atom stereocenters. The van der Waals surface area contributed by atoms with Gasteiger partial charge in [0.15, 0.2) is 0 Å². The third-order valence-corrected chi connectivity index (χ3v) is 6.12. The first-order valence-electron chi connectivity index (χ1n) is 9.93. The van der Waals surface area contributed by atoms with Crippen LogP contribution in [-0.4, -0.2) is 45.1 Å². The molecule has 1 saturated heterocycles. The molecule has 0 radical (unpaired) electrons. The molecule has 4 rings (SSSR count). The Morgan fingerprint density at radius 3 is 2.50 bits per heavy atom. The maximum absolute atomic E-state index is 12.8. The first-order valence-corrected chi connectivity index (χ1v) is 9.93. The highest BCUT2D eigenvalue weighted by atomic mass is 16.2. The van der Waals surface area contributed by atoms with E-state index in [1.807, 2.05) is 47.7 Å². The number of hydrogen-bond acceptors (Lipinski definition) is 4. The SMILES string of the molecule is CCc1c(C)nn(CC(=O)N2CCC3(CC2)Nc2ccccc2NC3=O)c1C. The van der Waals surface area contributed by atoms with E-state index in [9.17, 15) is 9.59 Å². The second-order valence-electron chi connectivity index (χ2n) is 7.75. The minimum absolute atomic E-state index is 0.00979. The van der Waals surface area contributed by atoms with Gasteiger partial charge in [0.25, 0.3) is 0 Å². The topological polar surface area (TPSA) is 79.3 Å². The Bertz CT molecular complexity index is 925. The molecular formula is C21H27N5O2. The Morgan fingerprint density at radius 2 is 1.86 bits per heavy atom. The molecule has 28 heavy (non-hydrogen) atoms. The van der Waals surface area contributed by atoms with Gasteiger partial charge in [-0.05, 0) is 50.8 Å². The third-order valence-electron chi connectivity index (χ3n) is 6.12. The van der Waals surface area contributed by atoms with Crippen molar-refractivity contribution in [2.75, 3.05) is 23.7 Å². The van der Waals surface area contributed by atoms with Crippen LogP contribution >= 0.6 is 0 Å². The number of aromatic nitrogens is 2. The maximum atomic E-state index is 12.8. The molecule has 0 saturated carbocycles. The number of carbonyl (C=O) groups excluding carboxylic acids is 2. The van der Waals surface area contributed by atoms with Crippen molar-refractivity contribution in [1.82, 2.24) is 14.7 Å². The summed E-state index contributed by atoms with van der Waals surface area (Å²) >= 11 is 0. The molecule has 1 aromatic carbocycles. The van der Waals surface area contributed by atoms with E-state index in [1.54, 1.807) is 0 Å². The molecule has 1 aromatic heterocycles. The van der Waals surface area contributed by atoms with E-state index in [1.165, 1.54) is 5.56 Å². The van der Waals surface area contributed by atoms with Crippen LogP contribution in [0.1, 0.15) is 36.7 Å². The number of anilines is 2. The highest BCUT2D eigenvalue weighted by molar-refractivity contribution is 6.06. The number of piperidine rings is 1. The van der Waals surface area contributed by atoms with Crippen molar-refractivity contribution < 1.29 is 9.59 Å². The van der Waals surface area contributed by atoms with Crippen molar-refractivity contribution in [2.45, 2.75) is 52.1 Å². The molecule has 2 aromatic rings. The molecule has 0 unspecified atom stereocenters. The fourth-order valence-corrected chi connectivity index (χ4v) is 4.38. The molecule has 0 aliphatic carbocycles. The van der Waals surface area contributed by atoms with Gasteiger partial charge < -0.3 is 15.5 Å². The van der Waals surface area contributed by atoms with E-state index < -0.39 is 5.54 Å². The zero-order valence-corrected chi connectivity index (χ0v) is 16.7. The molecule has 1 fully saturated rings. The number of likely N-dealkylation sites (tertiary alicyclic amines) is 1. The minimum atomic E-state index is -0.640. The van der Waals surface area contributed by atoms with E-state index in [4.69, 9.17) is 0 Å². The Morgan fingerprint density at radius 1 is 1.18 bits per heavy atom. The van der Waals surface area contributed by atoms with Gasteiger partial charge in [-0.15, -0.1) is 0 Å². The van der Waals surface area contributed by atoms with Crippen molar-refractivity contribution >= 4 is 23.2 Å². The normalized spacial score (nSPS) is 17.8. The van der Waals surface area contributed by atoms with Gasteiger partial charge in [-0.25, -0.2) is 0 Å². The second-order valence-corrected chi connectivity index (χ2v) is 7.75. The van der Waals surface area contributed by atoms with E-state index >= 15 is 0 Å². The van der Waals surface area contributed by atoms with Gasteiger partial charge in [0, 0.05) is 18.8 Å². The molecule has 2 N–H and O–H groups in total. The van der Waals surface area contributed by atoms with Gasteiger partial charge in [0.1, 0.15) is 12.1 Å². The molecule has 2 aliphatic heterocycles. The predicted octanol–water partition coefficient (Wildman–Crippen LogP) is 2.49.